The predicted octanol–water partition coefficient (Wildman–Crippen LogP) is 5.18. The Bertz CT molecular complexity index is 1450. The first kappa shape index (κ1) is 19.9. The monoisotopic (exact) mass is 447 g/mol. The Hall–Kier alpha value is -4.04. The molecule has 5 rings (SSSR count). The fourth-order valence-electron chi connectivity index (χ4n) is 3.47. The number of rotatable bonds is 5. The molecule has 0 saturated heterocycles. The maximum atomic E-state index is 14.0. The summed E-state index contributed by atoms with van der Waals surface area (Å²) in [6.45, 7) is 0.448. The SMILES string of the molecule is O=C(Nc1nonc1-c1nc2ccccc2n1Cc1cccc(Cl)c1)c1ccccc1F. The minimum Gasteiger partial charge on any atom is -0.318 e. The molecule has 1 N–H and O–H groups in total. The van der Waals surface area contributed by atoms with Crippen molar-refractivity contribution in [1.82, 2.24) is 19.9 Å². The number of imidazole rings is 1. The normalized spacial score (nSPS) is 11.1. The van der Waals surface area contributed by atoms with Crippen LogP contribution in [0.1, 0.15) is 15.9 Å². The topological polar surface area (TPSA) is 85.8 Å². The Morgan fingerprint density at radius 2 is 1.84 bits per heavy atom. The first-order chi connectivity index (χ1) is 15.6. The number of aromatic nitrogens is 4. The van der Waals surface area contributed by atoms with Crippen LogP contribution >= 0.6 is 11.6 Å². The van der Waals surface area contributed by atoms with Gasteiger partial charge in [-0.25, -0.2) is 14.0 Å². The van der Waals surface area contributed by atoms with Gasteiger partial charge < -0.3 is 9.88 Å². The minimum absolute atomic E-state index is 0.0425. The molecule has 3 aromatic carbocycles. The summed E-state index contributed by atoms with van der Waals surface area (Å²) in [7, 11) is 0. The van der Waals surface area contributed by atoms with Gasteiger partial charge in [0.1, 0.15) is 5.82 Å². The molecule has 7 nitrogen and oxygen atoms in total. The molecule has 0 aliphatic rings. The molecule has 0 saturated carbocycles. The van der Waals surface area contributed by atoms with E-state index in [-0.39, 0.29) is 17.1 Å². The zero-order valence-electron chi connectivity index (χ0n) is 16.5. The molecule has 0 spiro atoms. The van der Waals surface area contributed by atoms with E-state index in [1.807, 2.05) is 47.0 Å². The molecule has 1 amide bonds. The van der Waals surface area contributed by atoms with Gasteiger partial charge >= 0.3 is 0 Å². The molecule has 0 fully saturated rings. The second-order valence-corrected chi connectivity index (χ2v) is 7.47. The third-order valence-corrected chi connectivity index (χ3v) is 5.17. The fraction of sp³-hybridized carbons (Fsp3) is 0.0435. The first-order valence-electron chi connectivity index (χ1n) is 9.68. The van der Waals surface area contributed by atoms with Gasteiger partial charge in [-0.1, -0.05) is 48.0 Å². The van der Waals surface area contributed by atoms with Crippen molar-refractivity contribution < 1.29 is 13.8 Å². The standard InChI is InChI=1S/C23H15ClFN5O2/c24-15-7-5-6-14(12-15)13-30-19-11-4-3-10-18(19)26-22(30)20-21(29-32-28-20)27-23(31)16-8-1-2-9-17(16)25/h1-12H,13H2,(H,27,29,31). The Morgan fingerprint density at radius 1 is 1.03 bits per heavy atom. The molecule has 0 unspecified atom stereocenters. The summed E-state index contributed by atoms with van der Waals surface area (Å²) in [4.78, 5) is 17.3. The van der Waals surface area contributed by atoms with Crippen molar-refractivity contribution in [3.63, 3.8) is 0 Å². The smallest absolute Gasteiger partial charge is 0.259 e. The zero-order valence-corrected chi connectivity index (χ0v) is 17.3. The van der Waals surface area contributed by atoms with Crippen LogP contribution in [0.25, 0.3) is 22.6 Å². The van der Waals surface area contributed by atoms with Crippen LogP contribution in [0, 0.1) is 5.82 Å². The molecule has 0 aliphatic carbocycles. The third-order valence-electron chi connectivity index (χ3n) is 4.94. The van der Waals surface area contributed by atoms with Gasteiger partial charge in [-0.2, -0.15) is 0 Å². The predicted molar refractivity (Wildman–Crippen MR) is 118 cm³/mol. The van der Waals surface area contributed by atoms with Gasteiger partial charge in [0.15, 0.2) is 11.5 Å². The van der Waals surface area contributed by atoms with E-state index in [1.165, 1.54) is 18.2 Å². The van der Waals surface area contributed by atoms with E-state index in [1.54, 1.807) is 12.1 Å². The molecule has 32 heavy (non-hydrogen) atoms. The molecule has 9 heteroatoms. The highest BCUT2D eigenvalue weighted by Gasteiger charge is 2.23. The second kappa shape index (κ2) is 8.24. The third kappa shape index (κ3) is 3.72. The van der Waals surface area contributed by atoms with Crippen molar-refractivity contribution in [2.24, 2.45) is 0 Å². The fourth-order valence-corrected chi connectivity index (χ4v) is 3.68. The minimum atomic E-state index is -0.669. The number of benzene rings is 3. The molecule has 5 aromatic rings. The number of hydrogen-bond acceptors (Lipinski definition) is 5. The molecule has 0 radical (unpaired) electrons. The molecule has 0 atom stereocenters. The zero-order chi connectivity index (χ0) is 22.1. The van der Waals surface area contributed by atoms with Crippen LogP contribution in [0.5, 0.6) is 0 Å². The van der Waals surface area contributed by atoms with Crippen LogP contribution in [0.4, 0.5) is 10.2 Å². The van der Waals surface area contributed by atoms with Gasteiger partial charge in [0, 0.05) is 11.6 Å². The number of hydrogen-bond donors (Lipinski definition) is 1. The van der Waals surface area contributed by atoms with E-state index in [0.717, 1.165) is 16.6 Å². The molecule has 0 aliphatic heterocycles. The number of carbonyl (C=O) groups is 1. The van der Waals surface area contributed by atoms with E-state index < -0.39 is 11.7 Å². The Balaban J connectivity index is 1.57. The summed E-state index contributed by atoms with van der Waals surface area (Å²) >= 11 is 6.16. The highest BCUT2D eigenvalue weighted by Crippen LogP contribution is 2.29. The number of anilines is 1. The van der Waals surface area contributed by atoms with Gasteiger partial charge in [0.05, 0.1) is 16.6 Å². The van der Waals surface area contributed by atoms with Crippen molar-refractivity contribution in [3.8, 4) is 11.5 Å². The largest absolute Gasteiger partial charge is 0.318 e. The summed E-state index contributed by atoms with van der Waals surface area (Å²) < 4.78 is 20.9. The lowest BCUT2D eigenvalue weighted by atomic mass is 10.2. The first-order valence-corrected chi connectivity index (χ1v) is 10.1. The van der Waals surface area contributed by atoms with Crippen LogP contribution in [0.15, 0.2) is 77.4 Å². The Labute approximate surface area is 186 Å². The van der Waals surface area contributed by atoms with Gasteiger partial charge in [0.2, 0.25) is 5.82 Å². The number of amides is 1. The van der Waals surface area contributed by atoms with Crippen molar-refractivity contribution in [1.29, 1.82) is 0 Å². The lowest BCUT2D eigenvalue weighted by Gasteiger charge is -2.09. The lowest BCUT2D eigenvalue weighted by molar-refractivity contribution is 0.102. The number of carbonyl (C=O) groups excluding carboxylic acids is 1. The summed E-state index contributed by atoms with van der Waals surface area (Å²) in [6.07, 6.45) is 0. The van der Waals surface area contributed by atoms with E-state index in [9.17, 15) is 9.18 Å². The quantitative estimate of drug-likeness (QED) is 0.401. The lowest BCUT2D eigenvalue weighted by Crippen LogP contribution is -2.15. The van der Waals surface area contributed by atoms with Gasteiger partial charge in [-0.3, -0.25) is 4.79 Å². The number of para-hydroxylation sites is 2. The van der Waals surface area contributed by atoms with E-state index in [2.05, 4.69) is 20.6 Å². The second-order valence-electron chi connectivity index (χ2n) is 7.04. The average Bonchev–Trinajstić information content (AvgIpc) is 3.38. The van der Waals surface area contributed by atoms with Crippen molar-refractivity contribution in [3.05, 3.63) is 94.8 Å². The maximum absolute atomic E-state index is 14.0. The van der Waals surface area contributed by atoms with Crippen LogP contribution in [-0.4, -0.2) is 25.8 Å². The van der Waals surface area contributed by atoms with E-state index >= 15 is 0 Å². The summed E-state index contributed by atoms with van der Waals surface area (Å²) in [5.41, 5.74) is 2.66. The summed E-state index contributed by atoms with van der Waals surface area (Å²) in [5.74, 6) is -0.828. The van der Waals surface area contributed by atoms with Crippen molar-refractivity contribution in [2.75, 3.05) is 5.32 Å². The molecular weight excluding hydrogens is 433 g/mol. The average molecular weight is 448 g/mol. The van der Waals surface area contributed by atoms with E-state index in [4.69, 9.17) is 16.2 Å². The number of halogens is 2. The molecule has 2 aromatic heterocycles. The van der Waals surface area contributed by atoms with Crippen LogP contribution in [-0.2, 0) is 6.54 Å². The Kier molecular flexibility index (Phi) is 5.12. The molecular formula is C23H15ClFN5O2. The molecule has 2 heterocycles. The van der Waals surface area contributed by atoms with Gasteiger partial charge in [-0.15, -0.1) is 0 Å². The van der Waals surface area contributed by atoms with Gasteiger partial charge in [0.25, 0.3) is 5.91 Å². The van der Waals surface area contributed by atoms with Crippen LogP contribution in [0.2, 0.25) is 5.02 Å². The van der Waals surface area contributed by atoms with Crippen molar-refractivity contribution in [2.45, 2.75) is 6.54 Å². The summed E-state index contributed by atoms with van der Waals surface area (Å²) in [5, 5.41) is 11.0. The van der Waals surface area contributed by atoms with Gasteiger partial charge in [-0.05, 0) is 52.3 Å². The maximum Gasteiger partial charge on any atom is 0.259 e. The highest BCUT2D eigenvalue weighted by atomic mass is 35.5. The number of nitrogens with zero attached hydrogens (tertiary/aromatic N) is 4. The number of fused-ring (bicyclic) bond motifs is 1. The highest BCUT2D eigenvalue weighted by molar-refractivity contribution is 6.30. The van der Waals surface area contributed by atoms with E-state index in [0.29, 0.717) is 17.4 Å². The van der Waals surface area contributed by atoms with Crippen LogP contribution in [0.3, 0.4) is 0 Å². The molecule has 0 bridgehead atoms. The van der Waals surface area contributed by atoms with Crippen LogP contribution < -0.4 is 5.32 Å². The summed E-state index contributed by atoms with van der Waals surface area (Å²) in [6, 6.07) is 20.7. The van der Waals surface area contributed by atoms with Crippen molar-refractivity contribution >= 4 is 34.4 Å². The molecule has 158 valence electrons. The number of nitrogens with one attached hydrogen (secondary N) is 1. The Morgan fingerprint density at radius 3 is 2.69 bits per heavy atom.